The highest BCUT2D eigenvalue weighted by Crippen LogP contribution is 2.24. The van der Waals surface area contributed by atoms with Gasteiger partial charge in [0.15, 0.2) is 0 Å². The number of amides is 1. The smallest absolute Gasteiger partial charge is 0.255 e. The van der Waals surface area contributed by atoms with Crippen molar-refractivity contribution in [3.63, 3.8) is 0 Å². The molecule has 0 spiro atoms. The van der Waals surface area contributed by atoms with Gasteiger partial charge in [-0.05, 0) is 25.5 Å². The molecule has 0 aliphatic rings. The first kappa shape index (κ1) is 18.6. The van der Waals surface area contributed by atoms with Crippen molar-refractivity contribution in [1.29, 1.82) is 0 Å². The number of hydrogen-bond acceptors (Lipinski definition) is 5. The fourth-order valence-electron chi connectivity index (χ4n) is 2.97. The van der Waals surface area contributed by atoms with Gasteiger partial charge in [0, 0.05) is 36.3 Å². The van der Waals surface area contributed by atoms with Crippen LogP contribution in [0.2, 0.25) is 0 Å². The maximum Gasteiger partial charge on any atom is 0.255 e. The standard InChI is InChI=1S/C22H22N6O/c1-3-15(2)25-21(29)17-10-7-11-24-20(17)27-22-26-18(16-8-5-4-6-9-16)14-19-23-12-13-28(19)22/h4-15H,3H2,1-2H3,(H,25,29)(H,24,26,27). The minimum atomic E-state index is -0.170. The van der Waals surface area contributed by atoms with Crippen LogP contribution in [0.15, 0.2) is 67.1 Å². The molecule has 1 aromatic carbocycles. The predicted molar refractivity (Wildman–Crippen MR) is 113 cm³/mol. The van der Waals surface area contributed by atoms with Crippen LogP contribution >= 0.6 is 0 Å². The van der Waals surface area contributed by atoms with Crippen LogP contribution in [0.1, 0.15) is 30.6 Å². The molecule has 0 aliphatic heterocycles. The van der Waals surface area contributed by atoms with Crippen LogP contribution in [0.3, 0.4) is 0 Å². The first-order valence-electron chi connectivity index (χ1n) is 9.58. The number of rotatable bonds is 6. The van der Waals surface area contributed by atoms with E-state index in [1.54, 1.807) is 24.5 Å². The van der Waals surface area contributed by atoms with Gasteiger partial charge < -0.3 is 10.6 Å². The molecule has 2 N–H and O–H groups in total. The molecule has 29 heavy (non-hydrogen) atoms. The second-order valence-corrected chi connectivity index (χ2v) is 6.79. The van der Waals surface area contributed by atoms with Crippen molar-refractivity contribution in [2.75, 3.05) is 5.32 Å². The Bertz CT molecular complexity index is 1140. The van der Waals surface area contributed by atoms with Crippen LogP contribution in [0.4, 0.5) is 11.8 Å². The zero-order valence-corrected chi connectivity index (χ0v) is 16.3. The van der Waals surface area contributed by atoms with Crippen molar-refractivity contribution in [1.82, 2.24) is 24.7 Å². The summed E-state index contributed by atoms with van der Waals surface area (Å²) in [5, 5.41) is 6.21. The lowest BCUT2D eigenvalue weighted by atomic mass is 10.1. The Morgan fingerprint density at radius 2 is 1.93 bits per heavy atom. The van der Waals surface area contributed by atoms with Crippen molar-refractivity contribution in [3.8, 4) is 11.3 Å². The van der Waals surface area contributed by atoms with Crippen LogP contribution in [0.25, 0.3) is 16.9 Å². The van der Waals surface area contributed by atoms with E-state index in [2.05, 4.69) is 20.6 Å². The summed E-state index contributed by atoms with van der Waals surface area (Å²) in [6.45, 7) is 4.00. The van der Waals surface area contributed by atoms with Gasteiger partial charge in [0.2, 0.25) is 5.95 Å². The number of benzene rings is 1. The predicted octanol–water partition coefficient (Wildman–Crippen LogP) is 4.06. The number of nitrogens with zero attached hydrogens (tertiary/aromatic N) is 4. The topological polar surface area (TPSA) is 84.2 Å². The van der Waals surface area contributed by atoms with Gasteiger partial charge in [0.25, 0.3) is 5.91 Å². The highest BCUT2D eigenvalue weighted by atomic mass is 16.1. The van der Waals surface area contributed by atoms with Gasteiger partial charge in [-0.25, -0.2) is 15.0 Å². The van der Waals surface area contributed by atoms with E-state index in [0.29, 0.717) is 17.3 Å². The average Bonchev–Trinajstić information content (AvgIpc) is 3.23. The summed E-state index contributed by atoms with van der Waals surface area (Å²) in [6.07, 6.45) is 6.03. The third-order valence-electron chi connectivity index (χ3n) is 4.73. The number of pyridine rings is 1. The van der Waals surface area contributed by atoms with E-state index >= 15 is 0 Å². The molecule has 1 amide bonds. The number of carbonyl (C=O) groups excluding carboxylic acids is 1. The Labute approximate surface area is 168 Å². The first-order chi connectivity index (χ1) is 14.2. The number of fused-ring (bicyclic) bond motifs is 1. The molecule has 0 aliphatic carbocycles. The Kier molecular flexibility index (Phi) is 5.20. The molecular weight excluding hydrogens is 364 g/mol. The Hall–Kier alpha value is -3.74. The van der Waals surface area contributed by atoms with Gasteiger partial charge >= 0.3 is 0 Å². The summed E-state index contributed by atoms with van der Waals surface area (Å²) in [6, 6.07) is 15.4. The number of imidazole rings is 1. The zero-order chi connectivity index (χ0) is 20.2. The van der Waals surface area contributed by atoms with Crippen molar-refractivity contribution in [3.05, 3.63) is 72.7 Å². The third-order valence-corrected chi connectivity index (χ3v) is 4.73. The lowest BCUT2D eigenvalue weighted by molar-refractivity contribution is 0.0940. The average molecular weight is 386 g/mol. The third kappa shape index (κ3) is 3.94. The first-order valence-corrected chi connectivity index (χ1v) is 9.58. The van der Waals surface area contributed by atoms with Crippen LogP contribution in [0.5, 0.6) is 0 Å². The Balaban J connectivity index is 1.74. The lowest BCUT2D eigenvalue weighted by Crippen LogP contribution is -2.32. The summed E-state index contributed by atoms with van der Waals surface area (Å²) in [5.74, 6) is 0.812. The molecule has 4 aromatic rings. The molecular formula is C22H22N6O. The van der Waals surface area contributed by atoms with Crippen molar-refractivity contribution in [2.45, 2.75) is 26.3 Å². The summed E-state index contributed by atoms with van der Waals surface area (Å²) < 4.78 is 1.83. The quantitative estimate of drug-likeness (QED) is 0.522. The highest BCUT2D eigenvalue weighted by molar-refractivity contribution is 5.99. The minimum Gasteiger partial charge on any atom is -0.349 e. The molecule has 0 fully saturated rings. The monoisotopic (exact) mass is 386 g/mol. The highest BCUT2D eigenvalue weighted by Gasteiger charge is 2.16. The molecule has 0 radical (unpaired) electrons. The van der Waals surface area contributed by atoms with Crippen LogP contribution < -0.4 is 10.6 Å². The number of aromatic nitrogens is 4. The molecule has 3 aromatic heterocycles. The molecule has 1 atom stereocenters. The number of anilines is 2. The molecule has 0 bridgehead atoms. The minimum absolute atomic E-state index is 0.0791. The van der Waals surface area contributed by atoms with Gasteiger partial charge in [-0.3, -0.25) is 9.20 Å². The van der Waals surface area contributed by atoms with E-state index in [0.717, 1.165) is 23.3 Å². The van der Waals surface area contributed by atoms with Crippen molar-refractivity contribution < 1.29 is 4.79 Å². The van der Waals surface area contributed by atoms with Gasteiger partial charge in [0.05, 0.1) is 11.3 Å². The summed E-state index contributed by atoms with van der Waals surface area (Å²) in [5.41, 5.74) is 2.99. The normalized spacial score (nSPS) is 11.9. The maximum atomic E-state index is 12.7. The zero-order valence-electron chi connectivity index (χ0n) is 16.3. The van der Waals surface area contributed by atoms with Crippen molar-refractivity contribution in [2.24, 2.45) is 0 Å². The number of carbonyl (C=O) groups is 1. The van der Waals surface area contributed by atoms with Gasteiger partial charge in [0.1, 0.15) is 11.5 Å². The van der Waals surface area contributed by atoms with Gasteiger partial charge in [-0.1, -0.05) is 37.3 Å². The maximum absolute atomic E-state index is 12.7. The molecule has 0 saturated heterocycles. The van der Waals surface area contributed by atoms with Crippen LogP contribution in [-0.2, 0) is 0 Å². The molecule has 7 nitrogen and oxygen atoms in total. The second-order valence-electron chi connectivity index (χ2n) is 6.79. The largest absolute Gasteiger partial charge is 0.349 e. The van der Waals surface area contributed by atoms with E-state index in [1.807, 2.05) is 60.8 Å². The molecule has 3 heterocycles. The summed E-state index contributed by atoms with van der Waals surface area (Å²) in [4.78, 5) is 26.2. The second kappa shape index (κ2) is 8.10. The van der Waals surface area contributed by atoms with Crippen LogP contribution in [-0.4, -0.2) is 31.3 Å². The van der Waals surface area contributed by atoms with Gasteiger partial charge in [-0.15, -0.1) is 0 Å². The Morgan fingerprint density at radius 1 is 1.10 bits per heavy atom. The van der Waals surface area contributed by atoms with Gasteiger partial charge in [-0.2, -0.15) is 0 Å². The van der Waals surface area contributed by atoms with Crippen LogP contribution in [0, 0.1) is 0 Å². The molecule has 146 valence electrons. The SMILES string of the molecule is CCC(C)NC(=O)c1cccnc1Nc1nc(-c2ccccc2)cc2nccn12. The molecule has 0 saturated carbocycles. The lowest BCUT2D eigenvalue weighted by Gasteiger charge is -2.15. The van der Waals surface area contributed by atoms with Crippen molar-refractivity contribution >= 4 is 23.3 Å². The summed E-state index contributed by atoms with van der Waals surface area (Å²) >= 11 is 0. The fourth-order valence-corrected chi connectivity index (χ4v) is 2.97. The number of hydrogen-bond donors (Lipinski definition) is 2. The number of nitrogens with one attached hydrogen (secondary N) is 2. The van der Waals surface area contributed by atoms with E-state index in [9.17, 15) is 4.79 Å². The molecule has 7 heteroatoms. The fraction of sp³-hybridized carbons (Fsp3) is 0.182. The Morgan fingerprint density at radius 3 is 2.72 bits per heavy atom. The molecule has 1 unspecified atom stereocenters. The van der Waals surface area contributed by atoms with E-state index in [1.165, 1.54) is 0 Å². The van der Waals surface area contributed by atoms with E-state index in [-0.39, 0.29) is 11.9 Å². The molecule has 4 rings (SSSR count). The summed E-state index contributed by atoms with van der Waals surface area (Å²) in [7, 11) is 0. The van der Waals surface area contributed by atoms with E-state index in [4.69, 9.17) is 4.98 Å². The van der Waals surface area contributed by atoms with E-state index < -0.39 is 0 Å².